The molecule has 1 atom stereocenters. The number of anilines is 1. The van der Waals surface area contributed by atoms with Crippen LogP contribution in [-0.2, 0) is 6.42 Å². The van der Waals surface area contributed by atoms with Gasteiger partial charge in [0, 0.05) is 23.0 Å². The zero-order chi connectivity index (χ0) is 19.0. The van der Waals surface area contributed by atoms with E-state index >= 15 is 0 Å². The summed E-state index contributed by atoms with van der Waals surface area (Å²) >= 11 is 8.13. The normalized spacial score (nSPS) is 17.6. The number of hydrogen-bond donors (Lipinski definition) is 0. The topological polar surface area (TPSA) is 29.0 Å². The quantitative estimate of drug-likeness (QED) is 0.459. The van der Waals surface area contributed by atoms with E-state index in [-0.39, 0.29) is 0 Å². The van der Waals surface area contributed by atoms with Gasteiger partial charge >= 0.3 is 0 Å². The SMILES string of the molecule is CCc1sc2nc(Cl)nc(N3CCCCC3CC)c2c1-c1ccc(C)cc1. The Hall–Kier alpha value is -1.65. The molecule has 0 N–H and O–H groups in total. The molecule has 5 heteroatoms. The molecule has 142 valence electrons. The van der Waals surface area contributed by atoms with Crippen molar-refractivity contribution in [1.29, 1.82) is 0 Å². The maximum Gasteiger partial charge on any atom is 0.225 e. The summed E-state index contributed by atoms with van der Waals surface area (Å²) in [5.74, 6) is 1.03. The zero-order valence-corrected chi connectivity index (χ0v) is 17.8. The van der Waals surface area contributed by atoms with Gasteiger partial charge in [-0.2, -0.15) is 4.98 Å². The van der Waals surface area contributed by atoms with Gasteiger partial charge in [-0.05, 0) is 56.2 Å². The van der Waals surface area contributed by atoms with E-state index in [0.29, 0.717) is 11.3 Å². The predicted octanol–water partition coefficient (Wildman–Crippen LogP) is 6.65. The lowest BCUT2D eigenvalue weighted by atomic mass is 9.97. The van der Waals surface area contributed by atoms with E-state index in [1.165, 1.54) is 46.2 Å². The van der Waals surface area contributed by atoms with Gasteiger partial charge in [-0.15, -0.1) is 11.3 Å². The number of fused-ring (bicyclic) bond motifs is 1. The fourth-order valence-electron chi connectivity index (χ4n) is 4.19. The van der Waals surface area contributed by atoms with Crippen LogP contribution in [0.3, 0.4) is 0 Å². The first-order valence-corrected chi connectivity index (χ1v) is 11.1. The minimum atomic E-state index is 0.359. The van der Waals surface area contributed by atoms with Crippen LogP contribution in [0.1, 0.15) is 50.0 Å². The summed E-state index contributed by atoms with van der Waals surface area (Å²) in [6.07, 6.45) is 5.85. The van der Waals surface area contributed by atoms with Crippen molar-refractivity contribution >= 4 is 39.0 Å². The average Bonchev–Trinajstić information content (AvgIpc) is 3.06. The molecular formula is C22H26ClN3S. The smallest absolute Gasteiger partial charge is 0.225 e. The number of halogens is 1. The van der Waals surface area contributed by atoms with Crippen LogP contribution in [0.2, 0.25) is 5.28 Å². The molecule has 0 aliphatic carbocycles. The van der Waals surface area contributed by atoms with E-state index in [2.05, 4.69) is 54.9 Å². The van der Waals surface area contributed by atoms with Crippen molar-refractivity contribution in [3.63, 3.8) is 0 Å². The molecule has 1 saturated heterocycles. The molecule has 3 heterocycles. The molecule has 0 bridgehead atoms. The minimum Gasteiger partial charge on any atom is -0.353 e. The molecule has 4 rings (SSSR count). The standard InChI is InChI=1S/C22H26ClN3S/c1-4-16-8-6-7-13-26(16)20-19-18(15-11-9-14(3)10-12-15)17(5-2)27-21(19)25-22(23)24-20/h9-12,16H,4-8,13H2,1-3H3. The summed E-state index contributed by atoms with van der Waals surface area (Å²) in [6.45, 7) is 7.66. The van der Waals surface area contributed by atoms with Crippen LogP contribution in [0.25, 0.3) is 21.3 Å². The van der Waals surface area contributed by atoms with E-state index in [0.717, 1.165) is 30.0 Å². The summed E-state index contributed by atoms with van der Waals surface area (Å²) in [6, 6.07) is 9.35. The average molecular weight is 400 g/mol. The molecule has 0 spiro atoms. The van der Waals surface area contributed by atoms with Crippen molar-refractivity contribution in [3.8, 4) is 11.1 Å². The Morgan fingerprint density at radius 3 is 2.63 bits per heavy atom. The molecule has 0 saturated carbocycles. The summed E-state index contributed by atoms with van der Waals surface area (Å²) in [5, 5.41) is 1.54. The molecule has 1 aliphatic heterocycles. The number of aryl methyl sites for hydroxylation is 2. The fourth-order valence-corrected chi connectivity index (χ4v) is 5.53. The lowest BCUT2D eigenvalue weighted by Gasteiger charge is -2.36. The predicted molar refractivity (Wildman–Crippen MR) is 117 cm³/mol. The van der Waals surface area contributed by atoms with E-state index in [4.69, 9.17) is 16.6 Å². The second-order valence-electron chi connectivity index (χ2n) is 7.37. The van der Waals surface area contributed by atoms with E-state index in [9.17, 15) is 0 Å². The third-order valence-electron chi connectivity index (χ3n) is 5.61. The molecule has 3 nitrogen and oxygen atoms in total. The third kappa shape index (κ3) is 3.45. The van der Waals surface area contributed by atoms with Gasteiger partial charge in [0.1, 0.15) is 10.6 Å². The molecule has 1 fully saturated rings. The van der Waals surface area contributed by atoms with E-state index in [1.807, 2.05) is 0 Å². The summed E-state index contributed by atoms with van der Waals surface area (Å²) < 4.78 is 0. The van der Waals surface area contributed by atoms with Crippen LogP contribution < -0.4 is 4.90 Å². The largest absolute Gasteiger partial charge is 0.353 e. The highest BCUT2D eigenvalue weighted by atomic mass is 35.5. The second-order valence-corrected chi connectivity index (χ2v) is 8.79. The first-order chi connectivity index (χ1) is 13.1. The number of hydrogen-bond acceptors (Lipinski definition) is 4. The second kappa shape index (κ2) is 7.76. The van der Waals surface area contributed by atoms with E-state index in [1.54, 1.807) is 11.3 Å². The zero-order valence-electron chi connectivity index (χ0n) is 16.3. The number of piperidine rings is 1. The van der Waals surface area contributed by atoms with Crippen molar-refractivity contribution < 1.29 is 0 Å². The molecule has 1 aromatic carbocycles. The maximum atomic E-state index is 6.36. The molecule has 3 aromatic rings. The number of benzene rings is 1. The number of aromatic nitrogens is 2. The van der Waals surface area contributed by atoms with Gasteiger partial charge in [-0.25, -0.2) is 4.98 Å². The minimum absolute atomic E-state index is 0.359. The Morgan fingerprint density at radius 1 is 1.15 bits per heavy atom. The number of thiophene rings is 1. The van der Waals surface area contributed by atoms with Gasteiger partial charge < -0.3 is 4.90 Å². The molecule has 0 radical (unpaired) electrons. The summed E-state index contributed by atoms with van der Waals surface area (Å²) in [7, 11) is 0. The Balaban J connectivity index is 1.98. The van der Waals surface area contributed by atoms with Gasteiger partial charge in [0.25, 0.3) is 0 Å². The Labute approximate surface area is 170 Å². The van der Waals surface area contributed by atoms with Gasteiger partial charge in [-0.3, -0.25) is 0 Å². The number of nitrogens with zero attached hydrogens (tertiary/aromatic N) is 3. The van der Waals surface area contributed by atoms with Gasteiger partial charge in [0.05, 0.1) is 5.39 Å². The summed E-state index contributed by atoms with van der Waals surface area (Å²) in [5.41, 5.74) is 3.82. The number of rotatable bonds is 4. The highest BCUT2D eigenvalue weighted by molar-refractivity contribution is 7.19. The summed E-state index contributed by atoms with van der Waals surface area (Å²) in [4.78, 5) is 14.2. The molecule has 1 aliphatic rings. The first kappa shape index (κ1) is 18.7. The first-order valence-electron chi connectivity index (χ1n) is 9.95. The van der Waals surface area contributed by atoms with E-state index < -0.39 is 0 Å². The highest BCUT2D eigenvalue weighted by Crippen LogP contribution is 2.44. The Morgan fingerprint density at radius 2 is 1.93 bits per heavy atom. The van der Waals surface area contributed by atoms with Crippen LogP contribution >= 0.6 is 22.9 Å². The van der Waals surface area contributed by atoms with Crippen molar-refractivity contribution in [2.45, 2.75) is 58.9 Å². The molecule has 2 aromatic heterocycles. The highest BCUT2D eigenvalue weighted by Gasteiger charge is 2.27. The molecule has 27 heavy (non-hydrogen) atoms. The Kier molecular flexibility index (Phi) is 5.38. The van der Waals surface area contributed by atoms with Gasteiger partial charge in [0.15, 0.2) is 0 Å². The van der Waals surface area contributed by atoms with Crippen LogP contribution in [0.15, 0.2) is 24.3 Å². The maximum absolute atomic E-state index is 6.36. The molecular weight excluding hydrogens is 374 g/mol. The lowest BCUT2D eigenvalue weighted by molar-refractivity contribution is 0.448. The van der Waals surface area contributed by atoms with Gasteiger partial charge in [0.2, 0.25) is 5.28 Å². The third-order valence-corrected chi connectivity index (χ3v) is 7.01. The van der Waals surface area contributed by atoms with Crippen LogP contribution in [0.5, 0.6) is 0 Å². The van der Waals surface area contributed by atoms with Gasteiger partial charge in [-0.1, -0.05) is 43.7 Å². The monoisotopic (exact) mass is 399 g/mol. The Bertz CT molecular complexity index is 948. The van der Waals surface area contributed by atoms with Crippen molar-refractivity contribution in [2.24, 2.45) is 0 Å². The van der Waals surface area contributed by atoms with Crippen molar-refractivity contribution in [1.82, 2.24) is 9.97 Å². The van der Waals surface area contributed by atoms with Crippen LogP contribution in [-0.4, -0.2) is 22.6 Å². The van der Waals surface area contributed by atoms with Crippen LogP contribution in [0, 0.1) is 6.92 Å². The molecule has 0 amide bonds. The van der Waals surface area contributed by atoms with Crippen LogP contribution in [0.4, 0.5) is 5.82 Å². The fraction of sp³-hybridized carbons (Fsp3) is 0.455. The molecule has 1 unspecified atom stereocenters. The van der Waals surface area contributed by atoms with Crippen molar-refractivity contribution in [3.05, 3.63) is 40.0 Å². The van der Waals surface area contributed by atoms with Crippen molar-refractivity contribution in [2.75, 3.05) is 11.4 Å². The lowest BCUT2D eigenvalue weighted by Crippen LogP contribution is -2.39.